The minimum absolute atomic E-state index is 0.702. The predicted molar refractivity (Wildman–Crippen MR) is 199 cm³/mol. The summed E-state index contributed by atoms with van der Waals surface area (Å²) in [4.78, 5) is 17.2. The van der Waals surface area contributed by atoms with Gasteiger partial charge in [-0.05, 0) is 35.9 Å². The van der Waals surface area contributed by atoms with Crippen molar-refractivity contribution < 1.29 is 0 Å². The van der Waals surface area contributed by atoms with Gasteiger partial charge in [0.2, 0.25) is 0 Å². The highest BCUT2D eigenvalue weighted by molar-refractivity contribution is 7.26. The Morgan fingerprint density at radius 3 is 1.48 bits per heavy atom. The second-order valence-corrected chi connectivity index (χ2v) is 14.7. The standard InChI is InChI=1S/C40H23N3S3/c1-2-11-23-26-14-8-17-29(35(26)44-32(23)20-3-1)38-41-39(30-18-9-15-27-24-12-4-6-21-33(24)45-36(27)30)43-40(42-38)31-19-10-16-28-25-13-5-7-22-34(25)46-37(28)31/h1-19,21-22H,20H2. The number of hydrogen-bond donors (Lipinski definition) is 0. The minimum atomic E-state index is 0.702. The van der Waals surface area contributed by atoms with Crippen LogP contribution in [0, 0.1) is 0 Å². The smallest absolute Gasteiger partial charge is 0.165 e. The van der Waals surface area contributed by atoms with Gasteiger partial charge in [0.15, 0.2) is 17.5 Å². The minimum Gasteiger partial charge on any atom is -0.208 e. The zero-order valence-corrected chi connectivity index (χ0v) is 26.8. The highest BCUT2D eigenvalue weighted by atomic mass is 32.1. The summed E-state index contributed by atoms with van der Waals surface area (Å²) in [5.74, 6) is 2.11. The maximum Gasteiger partial charge on any atom is 0.165 e. The molecule has 0 saturated carbocycles. The van der Waals surface area contributed by atoms with Crippen LogP contribution in [-0.4, -0.2) is 15.0 Å². The number of rotatable bonds is 3. The van der Waals surface area contributed by atoms with Crippen molar-refractivity contribution in [3.8, 4) is 34.2 Å². The lowest BCUT2D eigenvalue weighted by atomic mass is 10.1. The van der Waals surface area contributed by atoms with E-state index in [-0.39, 0.29) is 0 Å². The van der Waals surface area contributed by atoms with E-state index in [1.807, 2.05) is 11.3 Å². The van der Waals surface area contributed by atoms with Gasteiger partial charge in [-0.3, -0.25) is 0 Å². The molecular formula is C40H23N3S3. The Morgan fingerprint density at radius 1 is 0.435 bits per heavy atom. The zero-order chi connectivity index (χ0) is 30.2. The molecule has 0 aliphatic heterocycles. The molecule has 10 rings (SSSR count). The van der Waals surface area contributed by atoms with E-state index in [1.54, 1.807) is 22.7 Å². The van der Waals surface area contributed by atoms with E-state index in [2.05, 4.69) is 127 Å². The Hall–Kier alpha value is -5.01. The summed E-state index contributed by atoms with van der Waals surface area (Å²) in [5.41, 5.74) is 4.42. The summed E-state index contributed by atoms with van der Waals surface area (Å²) in [6, 6.07) is 36.8. The van der Waals surface area contributed by atoms with Gasteiger partial charge in [0.1, 0.15) is 0 Å². The predicted octanol–water partition coefficient (Wildman–Crippen LogP) is 11.9. The van der Waals surface area contributed by atoms with E-state index in [1.165, 1.54) is 60.9 Å². The molecule has 1 aliphatic rings. The Morgan fingerprint density at radius 2 is 0.913 bits per heavy atom. The number of benzene rings is 5. The summed E-state index contributed by atoms with van der Waals surface area (Å²) in [6.07, 6.45) is 9.66. The highest BCUT2D eigenvalue weighted by Crippen LogP contribution is 2.44. The van der Waals surface area contributed by atoms with E-state index in [0.717, 1.165) is 23.1 Å². The van der Waals surface area contributed by atoms with Gasteiger partial charge >= 0.3 is 0 Å². The van der Waals surface area contributed by atoms with Gasteiger partial charge in [-0.25, -0.2) is 15.0 Å². The van der Waals surface area contributed by atoms with Crippen LogP contribution in [0.2, 0.25) is 0 Å². The lowest BCUT2D eigenvalue weighted by molar-refractivity contribution is 1.08. The van der Waals surface area contributed by atoms with Crippen molar-refractivity contribution >= 4 is 90.5 Å². The van der Waals surface area contributed by atoms with Crippen molar-refractivity contribution in [2.75, 3.05) is 0 Å². The van der Waals surface area contributed by atoms with Gasteiger partial charge in [-0.1, -0.05) is 97.1 Å². The molecule has 0 bridgehead atoms. The SMILES string of the molecule is C1=CCc2sc3c(-c4nc(-c5cccc6c5sc5ccccc56)nc(-c5cccc6c5sc5ccccc56)n4)cccc3c2C=C1. The number of thiophene rings is 3. The lowest BCUT2D eigenvalue weighted by Gasteiger charge is -2.10. The fourth-order valence-corrected chi connectivity index (χ4v) is 10.4. The molecule has 6 heteroatoms. The second kappa shape index (κ2) is 10.3. The summed E-state index contributed by atoms with van der Waals surface area (Å²) in [7, 11) is 0. The number of aromatic nitrogens is 3. The molecule has 0 radical (unpaired) electrons. The molecule has 4 heterocycles. The molecule has 0 N–H and O–H groups in total. The van der Waals surface area contributed by atoms with Gasteiger partial charge in [-0.15, -0.1) is 34.0 Å². The van der Waals surface area contributed by atoms with Crippen LogP contribution in [0.5, 0.6) is 0 Å². The van der Waals surface area contributed by atoms with Crippen molar-refractivity contribution in [2.24, 2.45) is 0 Å². The second-order valence-electron chi connectivity index (χ2n) is 11.5. The first-order valence-corrected chi connectivity index (χ1v) is 17.7. The molecule has 216 valence electrons. The monoisotopic (exact) mass is 641 g/mol. The zero-order valence-electron chi connectivity index (χ0n) is 24.4. The fourth-order valence-electron chi connectivity index (χ4n) is 6.69. The van der Waals surface area contributed by atoms with Crippen LogP contribution in [0.3, 0.4) is 0 Å². The van der Waals surface area contributed by atoms with Crippen LogP contribution in [0.1, 0.15) is 10.4 Å². The van der Waals surface area contributed by atoms with E-state index >= 15 is 0 Å². The Kier molecular flexibility index (Phi) is 5.85. The first kappa shape index (κ1) is 26.2. The molecule has 0 fully saturated rings. The molecule has 5 aromatic carbocycles. The number of allylic oxidation sites excluding steroid dienone is 3. The molecule has 9 aromatic rings. The quantitative estimate of drug-likeness (QED) is 0.193. The topological polar surface area (TPSA) is 38.7 Å². The first-order valence-electron chi connectivity index (χ1n) is 15.3. The molecule has 0 spiro atoms. The van der Waals surface area contributed by atoms with E-state index < -0.39 is 0 Å². The summed E-state index contributed by atoms with van der Waals surface area (Å²) >= 11 is 5.46. The molecule has 46 heavy (non-hydrogen) atoms. The molecule has 0 amide bonds. The largest absolute Gasteiger partial charge is 0.208 e. The van der Waals surface area contributed by atoms with Gasteiger partial charge in [0.05, 0.1) is 0 Å². The fraction of sp³-hybridized carbons (Fsp3) is 0.0250. The Balaban J connectivity index is 1.27. The van der Waals surface area contributed by atoms with Gasteiger partial charge in [-0.2, -0.15) is 0 Å². The summed E-state index contributed by atoms with van der Waals surface area (Å²) in [5, 5.41) is 6.25. The molecular weight excluding hydrogens is 619 g/mol. The third-order valence-electron chi connectivity index (χ3n) is 8.81. The number of fused-ring (bicyclic) bond motifs is 9. The van der Waals surface area contributed by atoms with Crippen molar-refractivity contribution in [2.45, 2.75) is 6.42 Å². The maximum absolute atomic E-state index is 5.28. The summed E-state index contributed by atoms with van der Waals surface area (Å²) in [6.45, 7) is 0. The number of nitrogens with zero attached hydrogens (tertiary/aromatic N) is 3. The van der Waals surface area contributed by atoms with Gasteiger partial charge in [0.25, 0.3) is 0 Å². The molecule has 0 unspecified atom stereocenters. The third kappa shape index (κ3) is 3.97. The van der Waals surface area contributed by atoms with Crippen molar-refractivity contribution in [3.63, 3.8) is 0 Å². The first-order chi connectivity index (χ1) is 22.8. The van der Waals surface area contributed by atoms with Crippen LogP contribution in [0.15, 0.2) is 121 Å². The molecule has 0 saturated heterocycles. The molecule has 4 aromatic heterocycles. The highest BCUT2D eigenvalue weighted by Gasteiger charge is 2.21. The molecule has 0 atom stereocenters. The van der Waals surface area contributed by atoms with Crippen LogP contribution in [0.4, 0.5) is 0 Å². The Labute approximate surface area is 276 Å². The lowest BCUT2D eigenvalue weighted by Crippen LogP contribution is -2.00. The molecule has 3 nitrogen and oxygen atoms in total. The van der Waals surface area contributed by atoms with Crippen LogP contribution in [-0.2, 0) is 6.42 Å². The van der Waals surface area contributed by atoms with Crippen LogP contribution >= 0.6 is 34.0 Å². The summed E-state index contributed by atoms with van der Waals surface area (Å²) < 4.78 is 6.15. The number of hydrogen-bond acceptors (Lipinski definition) is 6. The van der Waals surface area contributed by atoms with Crippen molar-refractivity contribution in [3.05, 3.63) is 132 Å². The van der Waals surface area contributed by atoms with Crippen LogP contribution < -0.4 is 0 Å². The van der Waals surface area contributed by atoms with Crippen LogP contribution in [0.25, 0.3) is 90.7 Å². The maximum atomic E-state index is 5.28. The Bertz CT molecular complexity index is 2610. The third-order valence-corrected chi connectivity index (χ3v) is 12.5. The normalized spacial score (nSPS) is 13.0. The van der Waals surface area contributed by atoms with E-state index in [9.17, 15) is 0 Å². The van der Waals surface area contributed by atoms with Gasteiger partial charge in [0, 0.05) is 78.4 Å². The average molecular weight is 642 g/mol. The van der Waals surface area contributed by atoms with Gasteiger partial charge < -0.3 is 0 Å². The van der Waals surface area contributed by atoms with E-state index in [4.69, 9.17) is 15.0 Å². The van der Waals surface area contributed by atoms with Crippen molar-refractivity contribution in [1.82, 2.24) is 15.0 Å². The average Bonchev–Trinajstić information content (AvgIpc) is 3.73. The van der Waals surface area contributed by atoms with Crippen molar-refractivity contribution in [1.29, 1.82) is 0 Å². The molecule has 1 aliphatic carbocycles. The van der Waals surface area contributed by atoms with E-state index in [0.29, 0.717) is 17.5 Å².